The summed E-state index contributed by atoms with van der Waals surface area (Å²) in [5, 5.41) is 0.263. The van der Waals surface area contributed by atoms with Crippen LogP contribution in [0.2, 0.25) is 0 Å². The van der Waals surface area contributed by atoms with Crippen LogP contribution >= 0.6 is 0 Å². The van der Waals surface area contributed by atoms with Crippen LogP contribution in [0.4, 0.5) is 5.69 Å². The first kappa shape index (κ1) is 25.5. The summed E-state index contributed by atoms with van der Waals surface area (Å²) in [6.45, 7) is 9.28. The lowest BCUT2D eigenvalue weighted by atomic mass is 10.1. The smallest absolute Gasteiger partial charge is 0.259 e. The van der Waals surface area contributed by atoms with Crippen molar-refractivity contribution in [3.63, 3.8) is 0 Å². The minimum atomic E-state index is -3.68. The molecule has 0 N–H and O–H groups in total. The van der Waals surface area contributed by atoms with Crippen LogP contribution in [0.25, 0.3) is 10.9 Å². The van der Waals surface area contributed by atoms with Gasteiger partial charge in [0.05, 0.1) is 10.4 Å². The van der Waals surface area contributed by atoms with Gasteiger partial charge in [0, 0.05) is 62.6 Å². The zero-order valence-electron chi connectivity index (χ0n) is 21.7. The third kappa shape index (κ3) is 4.66. The fraction of sp³-hybridized carbons (Fsp3) is 0.429. The lowest BCUT2D eigenvalue weighted by Gasteiger charge is -2.41. The molecule has 0 spiro atoms. The van der Waals surface area contributed by atoms with E-state index in [0.717, 1.165) is 18.5 Å². The SMILES string of the molecule is CCn1cc(C(=O)N2CCN(c3ccc(C)cc3)[C@H](C)C2)c(=O)c2cc(S(=O)(=O)N3CCCC3)ccc21. The molecule has 8 nitrogen and oxygen atoms in total. The average Bonchev–Trinajstić information content (AvgIpc) is 3.45. The van der Waals surface area contributed by atoms with Crippen LogP contribution in [0, 0.1) is 6.92 Å². The highest BCUT2D eigenvalue weighted by molar-refractivity contribution is 7.89. The molecule has 1 amide bonds. The molecule has 2 fully saturated rings. The summed E-state index contributed by atoms with van der Waals surface area (Å²) in [5.41, 5.74) is 2.61. The van der Waals surface area contributed by atoms with E-state index in [-0.39, 0.29) is 27.8 Å². The normalized spacial score (nSPS) is 19.1. The van der Waals surface area contributed by atoms with Gasteiger partial charge in [0.15, 0.2) is 0 Å². The van der Waals surface area contributed by atoms with Gasteiger partial charge in [-0.3, -0.25) is 9.59 Å². The van der Waals surface area contributed by atoms with Gasteiger partial charge < -0.3 is 14.4 Å². The highest BCUT2D eigenvalue weighted by Crippen LogP contribution is 2.25. The van der Waals surface area contributed by atoms with Crippen LogP contribution in [0.1, 0.15) is 42.6 Å². The fourth-order valence-electron chi connectivity index (χ4n) is 5.46. The van der Waals surface area contributed by atoms with Crippen LogP contribution in [0.5, 0.6) is 0 Å². The molecule has 0 bridgehead atoms. The third-order valence-corrected chi connectivity index (χ3v) is 9.50. The van der Waals surface area contributed by atoms with E-state index in [0.29, 0.717) is 44.8 Å². The summed E-state index contributed by atoms with van der Waals surface area (Å²) < 4.78 is 29.6. The molecule has 0 saturated carbocycles. The van der Waals surface area contributed by atoms with E-state index in [9.17, 15) is 18.0 Å². The summed E-state index contributed by atoms with van der Waals surface area (Å²) >= 11 is 0. The molecule has 1 aromatic heterocycles. The molecular formula is C28H34N4O4S. The van der Waals surface area contributed by atoms with Gasteiger partial charge in [-0.15, -0.1) is 0 Å². The number of fused-ring (bicyclic) bond motifs is 1. The molecule has 3 heterocycles. The van der Waals surface area contributed by atoms with Crippen molar-refractivity contribution < 1.29 is 13.2 Å². The van der Waals surface area contributed by atoms with Crippen LogP contribution in [-0.4, -0.2) is 66.9 Å². The summed E-state index contributed by atoms with van der Waals surface area (Å²) in [6, 6.07) is 13.1. The van der Waals surface area contributed by atoms with E-state index < -0.39 is 15.5 Å². The molecule has 0 radical (unpaired) electrons. The summed E-state index contributed by atoms with van der Waals surface area (Å²) in [7, 11) is -3.68. The van der Waals surface area contributed by atoms with E-state index in [1.54, 1.807) is 23.2 Å². The second-order valence-electron chi connectivity index (χ2n) is 10.1. The molecule has 37 heavy (non-hydrogen) atoms. The van der Waals surface area contributed by atoms with Crippen LogP contribution < -0.4 is 10.3 Å². The third-order valence-electron chi connectivity index (χ3n) is 7.61. The van der Waals surface area contributed by atoms with Crippen molar-refractivity contribution in [1.29, 1.82) is 0 Å². The Morgan fingerprint density at radius 2 is 1.70 bits per heavy atom. The zero-order chi connectivity index (χ0) is 26.3. The summed E-state index contributed by atoms with van der Waals surface area (Å²) in [4.78, 5) is 31.3. The minimum absolute atomic E-state index is 0.0843. The Kier molecular flexibility index (Phi) is 6.85. The van der Waals surface area contributed by atoms with E-state index in [1.165, 1.54) is 15.9 Å². The highest BCUT2D eigenvalue weighted by atomic mass is 32.2. The Labute approximate surface area is 218 Å². The topological polar surface area (TPSA) is 82.9 Å². The molecule has 2 aromatic carbocycles. The van der Waals surface area contributed by atoms with Gasteiger partial charge in [-0.1, -0.05) is 17.7 Å². The second kappa shape index (κ2) is 9.95. The van der Waals surface area contributed by atoms with E-state index in [4.69, 9.17) is 0 Å². The number of hydrogen-bond donors (Lipinski definition) is 0. The van der Waals surface area contributed by atoms with Gasteiger partial charge in [0.25, 0.3) is 5.91 Å². The Balaban J connectivity index is 1.47. The molecule has 196 valence electrons. The van der Waals surface area contributed by atoms with Gasteiger partial charge >= 0.3 is 0 Å². The lowest BCUT2D eigenvalue weighted by Crippen LogP contribution is -2.54. The maximum atomic E-state index is 13.6. The largest absolute Gasteiger partial charge is 0.365 e. The number of sulfonamides is 1. The van der Waals surface area contributed by atoms with Gasteiger partial charge in [-0.05, 0) is 63.9 Å². The number of pyridine rings is 1. The van der Waals surface area contributed by atoms with Crippen molar-refractivity contribution in [3.05, 3.63) is 70.0 Å². The average molecular weight is 523 g/mol. The summed E-state index contributed by atoms with van der Waals surface area (Å²) in [5.74, 6) is -0.308. The number of carbonyl (C=O) groups is 1. The number of hydrogen-bond acceptors (Lipinski definition) is 5. The number of benzene rings is 2. The zero-order valence-corrected chi connectivity index (χ0v) is 22.5. The second-order valence-corrected chi connectivity index (χ2v) is 12.0. The maximum absolute atomic E-state index is 13.6. The van der Waals surface area contributed by atoms with Crippen molar-refractivity contribution in [3.8, 4) is 0 Å². The van der Waals surface area contributed by atoms with E-state index in [2.05, 4.69) is 43.0 Å². The van der Waals surface area contributed by atoms with Crippen LogP contribution in [0.15, 0.2) is 58.4 Å². The Bertz CT molecular complexity index is 1490. The number of aromatic nitrogens is 1. The minimum Gasteiger partial charge on any atom is -0.365 e. The van der Waals surface area contributed by atoms with Gasteiger partial charge in [0.1, 0.15) is 5.56 Å². The first-order valence-electron chi connectivity index (χ1n) is 13.0. The van der Waals surface area contributed by atoms with Crippen molar-refractivity contribution in [2.75, 3.05) is 37.6 Å². The first-order valence-corrected chi connectivity index (χ1v) is 14.4. The number of rotatable bonds is 5. The number of aryl methyl sites for hydroxylation is 2. The van der Waals surface area contributed by atoms with Crippen LogP contribution in [-0.2, 0) is 16.6 Å². The molecule has 9 heteroatoms. The predicted octanol–water partition coefficient (Wildman–Crippen LogP) is 3.47. The Morgan fingerprint density at radius 1 is 1.00 bits per heavy atom. The number of piperazine rings is 1. The molecule has 3 aromatic rings. The molecule has 0 unspecified atom stereocenters. The highest BCUT2D eigenvalue weighted by Gasteiger charge is 2.31. The Morgan fingerprint density at radius 3 is 2.35 bits per heavy atom. The molecule has 2 saturated heterocycles. The van der Waals surface area contributed by atoms with Crippen LogP contribution in [0.3, 0.4) is 0 Å². The molecule has 5 rings (SSSR count). The Hall–Kier alpha value is -3.17. The monoisotopic (exact) mass is 522 g/mol. The van der Waals surface area contributed by atoms with Crippen molar-refractivity contribution >= 4 is 32.5 Å². The molecule has 0 aliphatic carbocycles. The number of carbonyl (C=O) groups excluding carboxylic acids is 1. The molecule has 2 aliphatic heterocycles. The predicted molar refractivity (Wildman–Crippen MR) is 146 cm³/mol. The first-order chi connectivity index (χ1) is 17.7. The van der Waals surface area contributed by atoms with E-state index in [1.807, 2.05) is 11.5 Å². The van der Waals surface area contributed by atoms with Gasteiger partial charge in [-0.25, -0.2) is 8.42 Å². The molecule has 2 aliphatic rings. The lowest BCUT2D eigenvalue weighted by molar-refractivity contribution is 0.0724. The quantitative estimate of drug-likeness (QED) is 0.513. The van der Waals surface area contributed by atoms with Gasteiger partial charge in [-0.2, -0.15) is 4.31 Å². The maximum Gasteiger partial charge on any atom is 0.259 e. The van der Waals surface area contributed by atoms with Crippen molar-refractivity contribution in [1.82, 2.24) is 13.8 Å². The standard InChI is InChI=1S/C28H34N4O4S/c1-4-29-19-25(28(34)30-15-16-32(21(3)18-30)22-9-7-20(2)8-10-22)27(33)24-17-23(11-12-26(24)29)37(35,36)31-13-5-6-14-31/h7-12,17,19,21H,4-6,13-16,18H2,1-3H3/t21-/m1/s1. The number of anilines is 1. The van der Waals surface area contributed by atoms with E-state index >= 15 is 0 Å². The number of amides is 1. The number of nitrogens with zero attached hydrogens (tertiary/aromatic N) is 4. The summed E-state index contributed by atoms with van der Waals surface area (Å²) in [6.07, 6.45) is 3.30. The molecule has 1 atom stereocenters. The van der Waals surface area contributed by atoms with Crippen molar-refractivity contribution in [2.24, 2.45) is 0 Å². The fourth-order valence-corrected chi connectivity index (χ4v) is 7.00. The van der Waals surface area contributed by atoms with Crippen molar-refractivity contribution in [2.45, 2.75) is 51.1 Å². The van der Waals surface area contributed by atoms with Gasteiger partial charge in [0.2, 0.25) is 15.5 Å². The molecular weight excluding hydrogens is 488 g/mol.